The molecule has 0 heterocycles. The highest BCUT2D eigenvalue weighted by molar-refractivity contribution is 7.92. The van der Waals surface area contributed by atoms with Gasteiger partial charge in [0.15, 0.2) is 11.4 Å². The third-order valence-electron chi connectivity index (χ3n) is 6.31. The number of carbonyl (C=O) groups is 1. The molecule has 0 bridgehead atoms. The zero-order valence-corrected chi connectivity index (χ0v) is 22.3. The molecule has 0 radical (unpaired) electrons. The van der Waals surface area contributed by atoms with E-state index < -0.39 is 21.5 Å². The van der Waals surface area contributed by atoms with Crippen LogP contribution < -0.4 is 4.72 Å². The number of hydrogen-bond donors (Lipinski definition) is 3. The first-order valence-electron chi connectivity index (χ1n) is 12.0. The molecular weight excluding hydrogens is 550 g/mol. The van der Waals surface area contributed by atoms with Gasteiger partial charge in [-0.1, -0.05) is 96.5 Å². The van der Waals surface area contributed by atoms with E-state index in [4.69, 9.17) is 11.6 Å². The van der Waals surface area contributed by atoms with Crippen LogP contribution >= 0.6 is 11.6 Å². The van der Waals surface area contributed by atoms with Crippen LogP contribution in [0, 0.1) is 0 Å². The number of phenols is 1. The SMILES string of the molecule is O=C(N=Nc1cc(NS(=O)(=O)c2ccc(Cl)cc2)c2ccccc2c1O)C(O)(c1ccccc1)c1ccccc1. The highest BCUT2D eigenvalue weighted by Gasteiger charge is 2.40. The first-order valence-corrected chi connectivity index (χ1v) is 13.9. The Labute approximate surface area is 235 Å². The number of hydrogen-bond acceptors (Lipinski definition) is 6. The van der Waals surface area contributed by atoms with E-state index in [-0.39, 0.29) is 38.5 Å². The molecule has 5 aromatic rings. The number of anilines is 1. The van der Waals surface area contributed by atoms with Crippen molar-refractivity contribution < 1.29 is 23.4 Å². The number of azo groups is 1. The highest BCUT2D eigenvalue weighted by Crippen LogP contribution is 2.41. The fourth-order valence-electron chi connectivity index (χ4n) is 4.27. The zero-order chi connectivity index (χ0) is 28.3. The number of rotatable bonds is 7. The van der Waals surface area contributed by atoms with Crippen LogP contribution in [0.4, 0.5) is 11.4 Å². The van der Waals surface area contributed by atoms with Crippen molar-refractivity contribution in [2.24, 2.45) is 10.2 Å². The topological polar surface area (TPSA) is 128 Å². The first-order chi connectivity index (χ1) is 19.2. The Bertz CT molecular complexity index is 1790. The second-order valence-corrected chi connectivity index (χ2v) is 11.0. The number of phenolic OH excluding ortho intramolecular Hbond substituents is 1. The van der Waals surface area contributed by atoms with Crippen molar-refractivity contribution in [2.45, 2.75) is 10.5 Å². The third kappa shape index (κ3) is 5.17. The molecule has 0 spiro atoms. The average molecular weight is 572 g/mol. The van der Waals surface area contributed by atoms with Crippen molar-refractivity contribution >= 4 is 49.7 Å². The standard InChI is InChI=1S/C30H22ClN3O5S/c31-22-15-17-23(18-16-22)40(38,39)34-26-19-27(28(35)25-14-8-7-13-24(25)26)32-33-29(36)30(37,20-9-3-1-4-10-20)21-11-5-2-6-12-21/h1-19,34-35,37H. The molecule has 0 aliphatic heterocycles. The molecule has 0 saturated carbocycles. The van der Waals surface area contributed by atoms with Crippen LogP contribution in [0.5, 0.6) is 5.75 Å². The minimum atomic E-state index is -4.05. The summed E-state index contributed by atoms with van der Waals surface area (Å²) < 4.78 is 28.7. The van der Waals surface area contributed by atoms with Gasteiger partial charge < -0.3 is 10.2 Å². The molecule has 0 atom stereocenters. The number of aromatic hydroxyl groups is 1. The van der Waals surface area contributed by atoms with Gasteiger partial charge in [-0.3, -0.25) is 9.52 Å². The van der Waals surface area contributed by atoms with Crippen molar-refractivity contribution in [3.63, 3.8) is 0 Å². The molecule has 40 heavy (non-hydrogen) atoms. The predicted molar refractivity (Wildman–Crippen MR) is 153 cm³/mol. The summed E-state index contributed by atoms with van der Waals surface area (Å²) in [6.07, 6.45) is 0. The Balaban J connectivity index is 1.57. The van der Waals surface area contributed by atoms with E-state index in [0.29, 0.717) is 10.4 Å². The Morgan fingerprint density at radius 3 is 1.88 bits per heavy atom. The number of carbonyl (C=O) groups excluding carboxylic acids is 1. The first kappa shape index (κ1) is 27.0. The van der Waals surface area contributed by atoms with Crippen LogP contribution in [0.25, 0.3) is 10.8 Å². The van der Waals surface area contributed by atoms with E-state index in [2.05, 4.69) is 15.0 Å². The maximum atomic E-state index is 13.4. The van der Waals surface area contributed by atoms with E-state index in [1.807, 2.05) is 0 Å². The summed E-state index contributed by atoms with van der Waals surface area (Å²) in [5.74, 6) is -1.31. The molecule has 200 valence electrons. The smallest absolute Gasteiger partial charge is 0.305 e. The number of fused-ring (bicyclic) bond motifs is 1. The summed E-state index contributed by atoms with van der Waals surface area (Å²) in [4.78, 5) is 13.4. The highest BCUT2D eigenvalue weighted by atomic mass is 35.5. The number of benzene rings is 5. The average Bonchev–Trinajstić information content (AvgIpc) is 2.98. The predicted octanol–water partition coefficient (Wildman–Crippen LogP) is 6.55. The minimum Gasteiger partial charge on any atom is -0.505 e. The van der Waals surface area contributed by atoms with Gasteiger partial charge in [0.2, 0.25) is 0 Å². The Kier molecular flexibility index (Phi) is 7.36. The number of sulfonamides is 1. The molecule has 3 N–H and O–H groups in total. The fraction of sp³-hybridized carbons (Fsp3) is 0.0333. The number of amides is 1. The summed E-state index contributed by atoms with van der Waals surface area (Å²) in [5.41, 5.74) is -1.67. The summed E-state index contributed by atoms with van der Waals surface area (Å²) >= 11 is 5.90. The summed E-state index contributed by atoms with van der Waals surface area (Å²) in [5, 5.41) is 31.4. The lowest BCUT2D eigenvalue weighted by atomic mass is 9.86. The van der Waals surface area contributed by atoms with Gasteiger partial charge in [-0.05, 0) is 41.5 Å². The van der Waals surface area contributed by atoms with Crippen LogP contribution in [0.3, 0.4) is 0 Å². The molecular formula is C30H22ClN3O5S. The van der Waals surface area contributed by atoms with Crippen molar-refractivity contribution in [2.75, 3.05) is 4.72 Å². The van der Waals surface area contributed by atoms with Crippen molar-refractivity contribution in [1.82, 2.24) is 0 Å². The van der Waals surface area contributed by atoms with Crippen LogP contribution in [0.15, 0.2) is 130 Å². The van der Waals surface area contributed by atoms with E-state index in [0.717, 1.165) is 0 Å². The summed E-state index contributed by atoms with van der Waals surface area (Å²) in [6, 6.07) is 30.1. The molecule has 0 unspecified atom stereocenters. The molecule has 5 rings (SSSR count). The molecule has 0 aliphatic rings. The molecule has 8 nitrogen and oxygen atoms in total. The van der Waals surface area contributed by atoms with Crippen molar-refractivity contribution in [3.8, 4) is 5.75 Å². The fourth-order valence-corrected chi connectivity index (χ4v) is 5.46. The van der Waals surface area contributed by atoms with Crippen LogP contribution in [-0.2, 0) is 20.4 Å². The maximum absolute atomic E-state index is 13.4. The van der Waals surface area contributed by atoms with Gasteiger partial charge in [0.05, 0.1) is 10.6 Å². The van der Waals surface area contributed by atoms with Gasteiger partial charge >= 0.3 is 5.91 Å². The molecule has 10 heteroatoms. The monoisotopic (exact) mass is 571 g/mol. The van der Waals surface area contributed by atoms with Gasteiger partial charge in [-0.15, -0.1) is 10.2 Å². The van der Waals surface area contributed by atoms with E-state index >= 15 is 0 Å². The molecule has 0 saturated heterocycles. The minimum absolute atomic E-state index is 0.0248. The number of nitrogens with zero attached hydrogens (tertiary/aromatic N) is 2. The Hall–Kier alpha value is -4.57. The Morgan fingerprint density at radius 2 is 1.30 bits per heavy atom. The van der Waals surface area contributed by atoms with E-state index in [9.17, 15) is 23.4 Å². The van der Waals surface area contributed by atoms with Crippen LogP contribution in [-0.4, -0.2) is 24.5 Å². The van der Waals surface area contributed by atoms with Gasteiger partial charge in [-0.2, -0.15) is 0 Å². The maximum Gasteiger partial charge on any atom is 0.305 e. The zero-order valence-electron chi connectivity index (χ0n) is 20.8. The molecule has 0 aromatic heterocycles. The number of aliphatic hydroxyl groups is 1. The van der Waals surface area contributed by atoms with E-state index in [1.165, 1.54) is 30.3 Å². The summed E-state index contributed by atoms with van der Waals surface area (Å²) in [7, 11) is -4.05. The largest absolute Gasteiger partial charge is 0.505 e. The number of halogens is 1. The summed E-state index contributed by atoms with van der Waals surface area (Å²) in [6.45, 7) is 0. The lowest BCUT2D eigenvalue weighted by molar-refractivity contribution is -0.133. The van der Waals surface area contributed by atoms with Crippen LogP contribution in [0.2, 0.25) is 5.02 Å². The molecule has 0 fully saturated rings. The quantitative estimate of drug-likeness (QED) is 0.151. The molecule has 1 amide bonds. The van der Waals surface area contributed by atoms with Gasteiger partial charge in [-0.25, -0.2) is 8.42 Å². The normalized spacial score (nSPS) is 12.1. The van der Waals surface area contributed by atoms with E-state index in [1.54, 1.807) is 84.9 Å². The second kappa shape index (κ2) is 10.9. The third-order valence-corrected chi connectivity index (χ3v) is 7.94. The second-order valence-electron chi connectivity index (χ2n) is 8.84. The number of nitrogens with one attached hydrogen (secondary N) is 1. The van der Waals surface area contributed by atoms with Gasteiger partial charge in [0.25, 0.3) is 10.0 Å². The Morgan fingerprint density at radius 1 is 0.775 bits per heavy atom. The molecule has 0 aliphatic carbocycles. The van der Waals surface area contributed by atoms with Crippen LogP contribution in [0.1, 0.15) is 11.1 Å². The van der Waals surface area contributed by atoms with Crippen molar-refractivity contribution in [1.29, 1.82) is 0 Å². The lowest BCUT2D eigenvalue weighted by Crippen LogP contribution is -2.35. The molecule has 5 aromatic carbocycles. The van der Waals surface area contributed by atoms with Gasteiger partial charge in [0.1, 0.15) is 5.69 Å². The van der Waals surface area contributed by atoms with Gasteiger partial charge in [0, 0.05) is 15.8 Å². The lowest BCUT2D eigenvalue weighted by Gasteiger charge is -2.25. The van der Waals surface area contributed by atoms with Crippen molar-refractivity contribution in [3.05, 3.63) is 131 Å².